The van der Waals surface area contributed by atoms with Gasteiger partial charge in [0, 0.05) is 22.5 Å². The summed E-state index contributed by atoms with van der Waals surface area (Å²) in [6.45, 7) is 6.91. The molecule has 0 fully saturated rings. The smallest absolute Gasteiger partial charge is 0.123 e. The molecule has 2 aromatic rings. The van der Waals surface area contributed by atoms with E-state index in [-0.39, 0.29) is 11.7 Å². The van der Waals surface area contributed by atoms with Crippen LogP contribution in [-0.4, -0.2) is 11.5 Å². The Balaban J connectivity index is 2.66. The third-order valence-electron chi connectivity index (χ3n) is 3.43. The summed E-state index contributed by atoms with van der Waals surface area (Å²) in [5.41, 5.74) is 9.10. The zero-order chi connectivity index (χ0) is 12.6. The molecule has 1 unspecified atom stereocenters. The van der Waals surface area contributed by atoms with E-state index in [1.165, 1.54) is 6.07 Å². The summed E-state index contributed by atoms with van der Waals surface area (Å²) < 4.78 is 13.3. The molecular formula is C14H19FN2. The number of hydrogen-bond acceptors (Lipinski definition) is 1. The van der Waals surface area contributed by atoms with Gasteiger partial charge in [0.05, 0.1) is 0 Å². The highest BCUT2D eigenvalue weighted by Crippen LogP contribution is 2.33. The SMILES string of the molecule is Cc1[nH]c2ccc(F)cc2c1C(CN)C(C)C. The summed E-state index contributed by atoms with van der Waals surface area (Å²) in [5.74, 6) is 0.517. The molecule has 0 aliphatic heterocycles. The lowest BCUT2D eigenvalue weighted by molar-refractivity contribution is 0.507. The highest BCUT2D eigenvalue weighted by Gasteiger charge is 2.20. The molecule has 92 valence electrons. The van der Waals surface area contributed by atoms with Gasteiger partial charge in [-0.1, -0.05) is 13.8 Å². The number of benzene rings is 1. The van der Waals surface area contributed by atoms with Crippen molar-refractivity contribution in [1.82, 2.24) is 4.98 Å². The molecule has 0 aliphatic rings. The van der Waals surface area contributed by atoms with Gasteiger partial charge >= 0.3 is 0 Å². The van der Waals surface area contributed by atoms with E-state index in [9.17, 15) is 4.39 Å². The molecule has 0 bridgehead atoms. The molecule has 0 saturated heterocycles. The molecule has 0 spiro atoms. The van der Waals surface area contributed by atoms with Crippen LogP contribution in [0.15, 0.2) is 18.2 Å². The first-order valence-corrected chi connectivity index (χ1v) is 6.02. The second-order valence-electron chi connectivity index (χ2n) is 4.94. The van der Waals surface area contributed by atoms with Crippen LogP contribution in [0.5, 0.6) is 0 Å². The summed E-state index contributed by atoms with van der Waals surface area (Å²) >= 11 is 0. The number of fused-ring (bicyclic) bond motifs is 1. The van der Waals surface area contributed by atoms with E-state index in [4.69, 9.17) is 5.73 Å². The van der Waals surface area contributed by atoms with Gasteiger partial charge in [-0.3, -0.25) is 0 Å². The fourth-order valence-corrected chi connectivity index (χ4v) is 2.52. The number of nitrogens with two attached hydrogens (primary N) is 1. The van der Waals surface area contributed by atoms with Crippen LogP contribution in [0.4, 0.5) is 4.39 Å². The van der Waals surface area contributed by atoms with Gasteiger partial charge in [-0.2, -0.15) is 0 Å². The van der Waals surface area contributed by atoms with Gasteiger partial charge in [0.2, 0.25) is 0 Å². The first kappa shape index (κ1) is 12.1. The van der Waals surface area contributed by atoms with Crippen LogP contribution >= 0.6 is 0 Å². The van der Waals surface area contributed by atoms with Crippen molar-refractivity contribution in [3.63, 3.8) is 0 Å². The van der Waals surface area contributed by atoms with Crippen molar-refractivity contribution < 1.29 is 4.39 Å². The van der Waals surface area contributed by atoms with E-state index < -0.39 is 0 Å². The Kier molecular flexibility index (Phi) is 3.20. The lowest BCUT2D eigenvalue weighted by atomic mass is 9.87. The van der Waals surface area contributed by atoms with Crippen molar-refractivity contribution in [3.05, 3.63) is 35.3 Å². The van der Waals surface area contributed by atoms with Crippen molar-refractivity contribution in [2.24, 2.45) is 11.7 Å². The monoisotopic (exact) mass is 234 g/mol. The maximum atomic E-state index is 13.3. The standard InChI is InChI=1S/C14H19FN2/c1-8(2)12(7-16)14-9(3)17-13-5-4-10(15)6-11(13)14/h4-6,8,12,17H,7,16H2,1-3H3. The first-order valence-electron chi connectivity index (χ1n) is 6.02. The van der Waals surface area contributed by atoms with E-state index in [1.54, 1.807) is 12.1 Å². The average Bonchev–Trinajstić information content (AvgIpc) is 2.56. The molecule has 2 nitrogen and oxygen atoms in total. The lowest BCUT2D eigenvalue weighted by Gasteiger charge is -2.19. The van der Waals surface area contributed by atoms with Crippen LogP contribution in [0.2, 0.25) is 0 Å². The third kappa shape index (κ3) is 2.07. The van der Waals surface area contributed by atoms with Crippen molar-refractivity contribution >= 4 is 10.9 Å². The molecule has 17 heavy (non-hydrogen) atoms. The molecule has 0 aliphatic carbocycles. The third-order valence-corrected chi connectivity index (χ3v) is 3.43. The van der Waals surface area contributed by atoms with E-state index in [0.29, 0.717) is 12.5 Å². The zero-order valence-corrected chi connectivity index (χ0v) is 10.5. The minimum absolute atomic E-state index is 0.197. The lowest BCUT2D eigenvalue weighted by Crippen LogP contribution is -2.18. The minimum Gasteiger partial charge on any atom is -0.358 e. The highest BCUT2D eigenvalue weighted by molar-refractivity contribution is 5.85. The van der Waals surface area contributed by atoms with Crippen LogP contribution in [0.1, 0.15) is 31.0 Å². The highest BCUT2D eigenvalue weighted by atomic mass is 19.1. The summed E-state index contributed by atoms with van der Waals surface area (Å²) in [7, 11) is 0. The van der Waals surface area contributed by atoms with Gasteiger partial charge in [0.1, 0.15) is 5.82 Å². The predicted octanol–water partition coefficient (Wildman–Crippen LogP) is 3.31. The van der Waals surface area contributed by atoms with Gasteiger partial charge in [0.25, 0.3) is 0 Å². The maximum Gasteiger partial charge on any atom is 0.123 e. The molecule has 0 radical (unpaired) electrons. The quantitative estimate of drug-likeness (QED) is 0.840. The molecule has 0 amide bonds. The average molecular weight is 234 g/mol. The van der Waals surface area contributed by atoms with E-state index >= 15 is 0 Å². The number of nitrogens with one attached hydrogen (secondary N) is 1. The Bertz CT molecular complexity index is 528. The van der Waals surface area contributed by atoms with Crippen LogP contribution in [0.3, 0.4) is 0 Å². The molecular weight excluding hydrogens is 215 g/mol. The largest absolute Gasteiger partial charge is 0.358 e. The first-order chi connectivity index (χ1) is 8.04. The normalized spacial score (nSPS) is 13.5. The molecule has 3 N–H and O–H groups in total. The van der Waals surface area contributed by atoms with Gasteiger partial charge in [-0.05, 0) is 43.1 Å². The number of H-pyrrole nitrogens is 1. The van der Waals surface area contributed by atoms with E-state index in [1.807, 2.05) is 6.92 Å². The van der Waals surface area contributed by atoms with E-state index in [0.717, 1.165) is 22.2 Å². The van der Waals surface area contributed by atoms with E-state index in [2.05, 4.69) is 18.8 Å². The second-order valence-corrected chi connectivity index (χ2v) is 4.94. The molecule has 1 atom stereocenters. The Labute approximate surface area is 101 Å². The summed E-state index contributed by atoms with van der Waals surface area (Å²) in [4.78, 5) is 3.30. The fraction of sp³-hybridized carbons (Fsp3) is 0.429. The van der Waals surface area contributed by atoms with Gasteiger partial charge < -0.3 is 10.7 Å². The molecule has 1 aromatic carbocycles. The molecule has 1 heterocycles. The maximum absolute atomic E-state index is 13.3. The Morgan fingerprint density at radius 1 is 1.35 bits per heavy atom. The summed E-state index contributed by atoms with van der Waals surface area (Å²) in [6, 6.07) is 4.86. The Morgan fingerprint density at radius 2 is 2.06 bits per heavy atom. The molecule has 1 aromatic heterocycles. The van der Waals surface area contributed by atoms with Crippen molar-refractivity contribution in [2.75, 3.05) is 6.54 Å². The minimum atomic E-state index is -0.197. The van der Waals surface area contributed by atoms with Crippen LogP contribution < -0.4 is 5.73 Å². The Hall–Kier alpha value is -1.35. The van der Waals surface area contributed by atoms with Gasteiger partial charge in [-0.25, -0.2) is 4.39 Å². The van der Waals surface area contributed by atoms with Gasteiger partial charge in [0.15, 0.2) is 0 Å². The van der Waals surface area contributed by atoms with Gasteiger partial charge in [-0.15, -0.1) is 0 Å². The summed E-state index contributed by atoms with van der Waals surface area (Å²) in [6.07, 6.45) is 0. The fourth-order valence-electron chi connectivity index (χ4n) is 2.52. The number of aromatic amines is 1. The molecule has 3 heteroatoms. The van der Waals surface area contributed by atoms with Crippen molar-refractivity contribution in [2.45, 2.75) is 26.7 Å². The van der Waals surface area contributed by atoms with Crippen LogP contribution in [-0.2, 0) is 0 Å². The number of hydrogen-bond donors (Lipinski definition) is 2. The zero-order valence-electron chi connectivity index (χ0n) is 10.5. The summed E-state index contributed by atoms with van der Waals surface area (Å²) in [5, 5.41) is 0.964. The predicted molar refractivity (Wildman–Crippen MR) is 69.6 cm³/mol. The second kappa shape index (κ2) is 4.49. The molecule has 2 rings (SSSR count). The number of halogens is 1. The number of rotatable bonds is 3. The topological polar surface area (TPSA) is 41.8 Å². The molecule has 0 saturated carbocycles. The van der Waals surface area contributed by atoms with Crippen LogP contribution in [0, 0.1) is 18.7 Å². The van der Waals surface area contributed by atoms with Crippen molar-refractivity contribution in [3.8, 4) is 0 Å². The van der Waals surface area contributed by atoms with Crippen LogP contribution in [0.25, 0.3) is 10.9 Å². The van der Waals surface area contributed by atoms with Crippen molar-refractivity contribution in [1.29, 1.82) is 0 Å². The number of aryl methyl sites for hydroxylation is 1. The number of aromatic nitrogens is 1. The Morgan fingerprint density at radius 3 is 2.65 bits per heavy atom.